The number of anilines is 1. The van der Waals surface area contributed by atoms with Gasteiger partial charge in [0.1, 0.15) is 6.07 Å². The van der Waals surface area contributed by atoms with E-state index in [0.29, 0.717) is 11.5 Å². The number of nitriles is 1. The van der Waals surface area contributed by atoms with Crippen LogP contribution in [0.1, 0.15) is 24.5 Å². The molecule has 0 bridgehead atoms. The van der Waals surface area contributed by atoms with Crippen molar-refractivity contribution in [3.8, 4) is 6.07 Å². The number of aryl methyl sites for hydroxylation is 1. The molecule has 0 fully saturated rings. The molecule has 0 spiro atoms. The Morgan fingerprint density at radius 2 is 2.25 bits per heavy atom. The normalized spacial score (nSPS) is 11.9. The van der Waals surface area contributed by atoms with Gasteiger partial charge in [0, 0.05) is 13.2 Å². The predicted octanol–water partition coefficient (Wildman–Crippen LogP) is 2.30. The minimum Gasteiger partial charge on any atom is -0.396 e. The fourth-order valence-electron chi connectivity index (χ4n) is 1.51. The third-order valence-corrected chi connectivity index (χ3v) is 2.56. The molecular formula is C13H18N2O. The van der Waals surface area contributed by atoms with Gasteiger partial charge in [0.15, 0.2) is 0 Å². The molecule has 0 aliphatic carbocycles. The summed E-state index contributed by atoms with van der Waals surface area (Å²) < 4.78 is 0. The summed E-state index contributed by atoms with van der Waals surface area (Å²) in [6.07, 6.45) is 0.779. The minimum atomic E-state index is 0.210. The van der Waals surface area contributed by atoms with Crippen molar-refractivity contribution in [1.82, 2.24) is 0 Å². The number of rotatable bonds is 5. The van der Waals surface area contributed by atoms with Crippen molar-refractivity contribution in [2.24, 2.45) is 5.92 Å². The average Bonchev–Trinajstić information content (AvgIpc) is 2.27. The fourth-order valence-corrected chi connectivity index (χ4v) is 1.51. The number of nitrogens with one attached hydrogen (secondary N) is 1. The summed E-state index contributed by atoms with van der Waals surface area (Å²) in [7, 11) is 0. The van der Waals surface area contributed by atoms with Crippen LogP contribution in [0.3, 0.4) is 0 Å². The summed E-state index contributed by atoms with van der Waals surface area (Å²) in [6.45, 7) is 5.03. The zero-order valence-electron chi connectivity index (χ0n) is 9.83. The Kier molecular flexibility index (Phi) is 4.81. The first-order valence-electron chi connectivity index (χ1n) is 5.53. The number of hydrogen-bond donors (Lipinski definition) is 2. The van der Waals surface area contributed by atoms with E-state index in [9.17, 15) is 0 Å². The second kappa shape index (κ2) is 6.14. The molecule has 0 saturated carbocycles. The van der Waals surface area contributed by atoms with Gasteiger partial charge in [0.25, 0.3) is 0 Å². The van der Waals surface area contributed by atoms with Crippen molar-refractivity contribution in [3.63, 3.8) is 0 Å². The zero-order chi connectivity index (χ0) is 12.0. The van der Waals surface area contributed by atoms with Gasteiger partial charge in [-0.15, -0.1) is 0 Å². The lowest BCUT2D eigenvalue weighted by atomic mass is 10.1. The minimum absolute atomic E-state index is 0.210. The van der Waals surface area contributed by atoms with Crippen LogP contribution in [-0.2, 0) is 0 Å². The second-order valence-electron chi connectivity index (χ2n) is 4.16. The molecule has 2 N–H and O–H groups in total. The molecule has 0 aliphatic heterocycles. The van der Waals surface area contributed by atoms with E-state index < -0.39 is 0 Å². The number of benzene rings is 1. The van der Waals surface area contributed by atoms with Crippen molar-refractivity contribution in [3.05, 3.63) is 29.3 Å². The van der Waals surface area contributed by atoms with Gasteiger partial charge in [0.2, 0.25) is 0 Å². The lowest BCUT2D eigenvalue weighted by Gasteiger charge is -2.13. The summed E-state index contributed by atoms with van der Waals surface area (Å²) in [5.41, 5.74) is 2.64. The molecule has 0 aromatic heterocycles. The SMILES string of the molecule is Cc1ccc(NCC(C)CCO)c(C#N)c1. The van der Waals surface area contributed by atoms with Gasteiger partial charge < -0.3 is 10.4 Å². The van der Waals surface area contributed by atoms with Gasteiger partial charge in [-0.05, 0) is 37.0 Å². The Morgan fingerprint density at radius 1 is 1.50 bits per heavy atom. The van der Waals surface area contributed by atoms with Crippen molar-refractivity contribution in [2.75, 3.05) is 18.5 Å². The molecule has 1 atom stereocenters. The van der Waals surface area contributed by atoms with E-state index in [1.54, 1.807) is 0 Å². The van der Waals surface area contributed by atoms with E-state index >= 15 is 0 Å². The third kappa shape index (κ3) is 3.56. The maximum Gasteiger partial charge on any atom is 0.101 e. The molecular weight excluding hydrogens is 200 g/mol. The van der Waals surface area contributed by atoms with E-state index in [2.05, 4.69) is 18.3 Å². The molecule has 1 aromatic carbocycles. The van der Waals surface area contributed by atoms with Gasteiger partial charge in [-0.2, -0.15) is 5.26 Å². The summed E-state index contributed by atoms with van der Waals surface area (Å²) >= 11 is 0. The van der Waals surface area contributed by atoms with Gasteiger partial charge in [0.05, 0.1) is 11.3 Å². The molecule has 3 heteroatoms. The molecule has 1 unspecified atom stereocenters. The Bertz CT molecular complexity index is 382. The van der Waals surface area contributed by atoms with Crippen LogP contribution < -0.4 is 5.32 Å². The van der Waals surface area contributed by atoms with E-state index in [4.69, 9.17) is 10.4 Å². The smallest absolute Gasteiger partial charge is 0.101 e. The summed E-state index contributed by atoms with van der Waals surface area (Å²) in [5.74, 6) is 0.401. The van der Waals surface area contributed by atoms with Crippen LogP contribution in [0.25, 0.3) is 0 Å². The summed E-state index contributed by atoms with van der Waals surface area (Å²) in [5, 5.41) is 21.0. The van der Waals surface area contributed by atoms with Crippen LogP contribution in [0.4, 0.5) is 5.69 Å². The summed E-state index contributed by atoms with van der Waals surface area (Å²) in [6, 6.07) is 7.97. The largest absolute Gasteiger partial charge is 0.396 e. The first-order chi connectivity index (χ1) is 7.67. The number of hydrogen-bond acceptors (Lipinski definition) is 3. The Labute approximate surface area is 96.7 Å². The highest BCUT2D eigenvalue weighted by atomic mass is 16.3. The zero-order valence-corrected chi connectivity index (χ0v) is 9.83. The maximum absolute atomic E-state index is 8.98. The topological polar surface area (TPSA) is 56.0 Å². The van der Waals surface area contributed by atoms with Gasteiger partial charge in [-0.25, -0.2) is 0 Å². The molecule has 0 saturated heterocycles. The number of aliphatic hydroxyl groups is 1. The van der Waals surface area contributed by atoms with E-state index in [1.165, 1.54) is 0 Å². The molecule has 16 heavy (non-hydrogen) atoms. The van der Waals surface area contributed by atoms with Crippen molar-refractivity contribution in [1.29, 1.82) is 5.26 Å². The quantitative estimate of drug-likeness (QED) is 0.797. The molecule has 0 radical (unpaired) electrons. The molecule has 86 valence electrons. The Hall–Kier alpha value is -1.53. The van der Waals surface area contributed by atoms with E-state index in [-0.39, 0.29) is 6.61 Å². The molecule has 0 aliphatic rings. The van der Waals surface area contributed by atoms with Crippen molar-refractivity contribution < 1.29 is 5.11 Å². The molecule has 0 heterocycles. The molecule has 1 aromatic rings. The summed E-state index contributed by atoms with van der Waals surface area (Å²) in [4.78, 5) is 0. The first kappa shape index (κ1) is 12.5. The van der Waals surface area contributed by atoms with Crippen molar-refractivity contribution >= 4 is 5.69 Å². The molecule has 0 amide bonds. The van der Waals surface area contributed by atoms with Crippen LogP contribution in [-0.4, -0.2) is 18.3 Å². The number of nitrogens with zero attached hydrogens (tertiary/aromatic N) is 1. The van der Waals surface area contributed by atoms with E-state index in [1.807, 2.05) is 25.1 Å². The lowest BCUT2D eigenvalue weighted by molar-refractivity contribution is 0.266. The fraction of sp³-hybridized carbons (Fsp3) is 0.462. The standard InChI is InChI=1S/C13H18N2O/c1-10-3-4-13(12(7-10)8-14)15-9-11(2)5-6-16/h3-4,7,11,15-16H,5-6,9H2,1-2H3. The Balaban J connectivity index is 2.64. The predicted molar refractivity (Wildman–Crippen MR) is 65.3 cm³/mol. The number of aliphatic hydroxyl groups excluding tert-OH is 1. The maximum atomic E-state index is 8.98. The van der Waals surface area contributed by atoms with Crippen LogP contribution >= 0.6 is 0 Å². The van der Waals surface area contributed by atoms with Crippen LogP contribution in [0.15, 0.2) is 18.2 Å². The molecule has 3 nitrogen and oxygen atoms in total. The van der Waals surface area contributed by atoms with E-state index in [0.717, 1.165) is 24.2 Å². The Morgan fingerprint density at radius 3 is 2.88 bits per heavy atom. The third-order valence-electron chi connectivity index (χ3n) is 2.56. The highest BCUT2D eigenvalue weighted by Gasteiger charge is 2.04. The first-order valence-corrected chi connectivity index (χ1v) is 5.53. The van der Waals surface area contributed by atoms with Gasteiger partial charge in [-0.1, -0.05) is 13.0 Å². The average molecular weight is 218 g/mol. The van der Waals surface area contributed by atoms with Crippen LogP contribution in [0.2, 0.25) is 0 Å². The van der Waals surface area contributed by atoms with Crippen LogP contribution in [0, 0.1) is 24.2 Å². The van der Waals surface area contributed by atoms with Gasteiger partial charge in [-0.3, -0.25) is 0 Å². The monoisotopic (exact) mass is 218 g/mol. The molecule has 1 rings (SSSR count). The van der Waals surface area contributed by atoms with Crippen LogP contribution in [0.5, 0.6) is 0 Å². The van der Waals surface area contributed by atoms with Gasteiger partial charge >= 0.3 is 0 Å². The van der Waals surface area contributed by atoms with Crippen molar-refractivity contribution in [2.45, 2.75) is 20.3 Å². The lowest BCUT2D eigenvalue weighted by Crippen LogP contribution is -2.13. The second-order valence-corrected chi connectivity index (χ2v) is 4.16. The highest BCUT2D eigenvalue weighted by molar-refractivity contribution is 5.58. The highest BCUT2D eigenvalue weighted by Crippen LogP contribution is 2.17.